The zero-order chi connectivity index (χ0) is 14.5. The number of carbonyl (C=O) groups is 1. The number of rotatable bonds is 4. The van der Waals surface area contributed by atoms with Crippen molar-refractivity contribution in [3.63, 3.8) is 0 Å². The van der Waals surface area contributed by atoms with E-state index in [1.165, 1.54) is 0 Å². The first kappa shape index (κ1) is 14.3. The maximum absolute atomic E-state index is 11.8. The van der Waals surface area contributed by atoms with E-state index in [1.807, 2.05) is 18.5 Å². The molecule has 2 aromatic rings. The molecule has 1 N–H and O–H groups in total. The monoisotopic (exact) mass is 289 g/mol. The van der Waals surface area contributed by atoms with Gasteiger partial charge in [0.25, 0.3) is 5.91 Å². The van der Waals surface area contributed by atoms with Crippen LogP contribution in [-0.4, -0.2) is 16.7 Å². The van der Waals surface area contributed by atoms with Crippen molar-refractivity contribution in [2.24, 2.45) is 5.10 Å². The SMILES string of the molecule is CC(C)n1ccc(/C=N\NC(=O)c2ccc(Cl)cc2)c1. The Morgan fingerprint density at radius 3 is 2.60 bits per heavy atom. The highest BCUT2D eigenvalue weighted by atomic mass is 35.5. The van der Waals surface area contributed by atoms with Gasteiger partial charge in [-0.1, -0.05) is 11.6 Å². The van der Waals surface area contributed by atoms with Crippen LogP contribution in [0.2, 0.25) is 5.02 Å². The predicted octanol–water partition coefficient (Wildman–Crippen LogP) is 3.49. The van der Waals surface area contributed by atoms with Crippen LogP contribution in [0.25, 0.3) is 0 Å². The Morgan fingerprint density at radius 2 is 2.00 bits per heavy atom. The molecule has 0 aliphatic carbocycles. The number of hydrazone groups is 1. The lowest BCUT2D eigenvalue weighted by Gasteiger charge is -2.04. The molecule has 0 aliphatic heterocycles. The molecule has 0 unspecified atom stereocenters. The summed E-state index contributed by atoms with van der Waals surface area (Å²) in [6.45, 7) is 4.20. The smallest absolute Gasteiger partial charge is 0.271 e. The summed E-state index contributed by atoms with van der Waals surface area (Å²) in [5.41, 5.74) is 3.94. The Kier molecular flexibility index (Phi) is 4.58. The lowest BCUT2D eigenvalue weighted by Crippen LogP contribution is -2.17. The van der Waals surface area contributed by atoms with Gasteiger partial charge in [-0.3, -0.25) is 4.79 Å². The fraction of sp³-hybridized carbons (Fsp3) is 0.200. The number of benzene rings is 1. The molecule has 20 heavy (non-hydrogen) atoms. The van der Waals surface area contributed by atoms with Gasteiger partial charge in [-0.05, 0) is 44.2 Å². The molecule has 5 heteroatoms. The number of hydrogen-bond acceptors (Lipinski definition) is 2. The van der Waals surface area contributed by atoms with Crippen molar-refractivity contribution in [3.8, 4) is 0 Å². The minimum atomic E-state index is -0.263. The molecule has 0 atom stereocenters. The lowest BCUT2D eigenvalue weighted by molar-refractivity contribution is 0.0955. The molecule has 0 radical (unpaired) electrons. The zero-order valence-corrected chi connectivity index (χ0v) is 12.1. The quantitative estimate of drug-likeness (QED) is 0.680. The third kappa shape index (κ3) is 3.71. The first-order valence-electron chi connectivity index (χ1n) is 6.32. The number of carbonyl (C=O) groups excluding carboxylic acids is 1. The zero-order valence-electron chi connectivity index (χ0n) is 11.4. The van der Waals surface area contributed by atoms with Crippen LogP contribution in [0.15, 0.2) is 47.8 Å². The van der Waals surface area contributed by atoms with Crippen molar-refractivity contribution in [2.75, 3.05) is 0 Å². The predicted molar refractivity (Wildman–Crippen MR) is 81.3 cm³/mol. The van der Waals surface area contributed by atoms with Crippen LogP contribution < -0.4 is 5.43 Å². The number of amides is 1. The summed E-state index contributed by atoms with van der Waals surface area (Å²) < 4.78 is 2.07. The van der Waals surface area contributed by atoms with Crippen LogP contribution in [0.5, 0.6) is 0 Å². The standard InChI is InChI=1S/C15H16ClN3O/c1-11(2)19-8-7-12(10-19)9-17-18-15(20)13-3-5-14(16)6-4-13/h3-11H,1-2H3,(H,18,20)/b17-9-. The third-order valence-corrected chi connectivity index (χ3v) is 3.07. The van der Waals surface area contributed by atoms with Gasteiger partial charge >= 0.3 is 0 Å². The van der Waals surface area contributed by atoms with Gasteiger partial charge in [0.1, 0.15) is 0 Å². The van der Waals surface area contributed by atoms with E-state index in [0.29, 0.717) is 16.6 Å². The normalized spacial score (nSPS) is 11.2. The summed E-state index contributed by atoms with van der Waals surface area (Å²) in [4.78, 5) is 11.8. The summed E-state index contributed by atoms with van der Waals surface area (Å²) in [5.74, 6) is -0.263. The second-order valence-electron chi connectivity index (χ2n) is 4.69. The molecule has 0 aliphatic rings. The molecular formula is C15H16ClN3O. The highest BCUT2D eigenvalue weighted by Crippen LogP contribution is 2.09. The highest BCUT2D eigenvalue weighted by molar-refractivity contribution is 6.30. The Bertz CT molecular complexity index is 614. The van der Waals surface area contributed by atoms with Crippen molar-refractivity contribution < 1.29 is 4.79 Å². The van der Waals surface area contributed by atoms with Crippen molar-refractivity contribution in [3.05, 3.63) is 58.9 Å². The fourth-order valence-corrected chi connectivity index (χ4v) is 1.79. The van der Waals surface area contributed by atoms with E-state index in [-0.39, 0.29) is 5.91 Å². The second-order valence-corrected chi connectivity index (χ2v) is 5.13. The first-order valence-corrected chi connectivity index (χ1v) is 6.70. The minimum Gasteiger partial charge on any atom is -0.351 e. The lowest BCUT2D eigenvalue weighted by atomic mass is 10.2. The highest BCUT2D eigenvalue weighted by Gasteiger charge is 2.03. The summed E-state index contributed by atoms with van der Waals surface area (Å²) in [6.07, 6.45) is 5.57. The maximum atomic E-state index is 11.8. The van der Waals surface area contributed by atoms with Gasteiger partial charge in [0.15, 0.2) is 0 Å². The Morgan fingerprint density at radius 1 is 1.30 bits per heavy atom. The minimum absolute atomic E-state index is 0.263. The van der Waals surface area contributed by atoms with Gasteiger partial charge in [-0.2, -0.15) is 5.10 Å². The molecule has 0 spiro atoms. The number of hydrogen-bond donors (Lipinski definition) is 1. The van der Waals surface area contributed by atoms with Gasteiger partial charge in [-0.25, -0.2) is 5.43 Å². The Hall–Kier alpha value is -2.07. The van der Waals surface area contributed by atoms with Gasteiger partial charge in [0, 0.05) is 34.6 Å². The molecule has 4 nitrogen and oxygen atoms in total. The van der Waals surface area contributed by atoms with Crippen LogP contribution in [0.3, 0.4) is 0 Å². The van der Waals surface area contributed by atoms with Gasteiger partial charge < -0.3 is 4.57 Å². The van der Waals surface area contributed by atoms with Crippen molar-refractivity contribution in [1.29, 1.82) is 0 Å². The van der Waals surface area contributed by atoms with Crippen LogP contribution in [0, 0.1) is 0 Å². The molecule has 2 rings (SSSR count). The molecule has 0 saturated heterocycles. The topological polar surface area (TPSA) is 46.4 Å². The van der Waals surface area contributed by atoms with E-state index in [9.17, 15) is 4.79 Å². The van der Waals surface area contributed by atoms with Crippen LogP contribution >= 0.6 is 11.6 Å². The summed E-state index contributed by atoms with van der Waals surface area (Å²) >= 11 is 5.76. The van der Waals surface area contributed by atoms with Crippen molar-refractivity contribution in [1.82, 2.24) is 9.99 Å². The molecule has 0 fully saturated rings. The molecule has 1 aromatic carbocycles. The molecule has 0 bridgehead atoms. The number of nitrogens with one attached hydrogen (secondary N) is 1. The van der Waals surface area contributed by atoms with Gasteiger partial charge in [-0.15, -0.1) is 0 Å². The van der Waals surface area contributed by atoms with Crippen LogP contribution in [-0.2, 0) is 0 Å². The van der Waals surface area contributed by atoms with E-state index in [4.69, 9.17) is 11.6 Å². The largest absolute Gasteiger partial charge is 0.351 e. The van der Waals surface area contributed by atoms with E-state index in [0.717, 1.165) is 5.56 Å². The second kappa shape index (κ2) is 6.39. The summed E-state index contributed by atoms with van der Waals surface area (Å²) in [6, 6.07) is 9.00. The number of aromatic nitrogens is 1. The van der Waals surface area contributed by atoms with Crippen molar-refractivity contribution >= 4 is 23.7 Å². The van der Waals surface area contributed by atoms with Gasteiger partial charge in [0.05, 0.1) is 6.21 Å². The number of halogens is 1. The van der Waals surface area contributed by atoms with Crippen LogP contribution in [0.4, 0.5) is 0 Å². The number of nitrogens with zero attached hydrogens (tertiary/aromatic N) is 2. The van der Waals surface area contributed by atoms with Crippen LogP contribution in [0.1, 0.15) is 35.8 Å². The average molecular weight is 290 g/mol. The fourth-order valence-electron chi connectivity index (χ4n) is 1.66. The Labute approximate surface area is 123 Å². The average Bonchev–Trinajstić information content (AvgIpc) is 2.88. The molecule has 1 heterocycles. The Balaban J connectivity index is 1.95. The van der Waals surface area contributed by atoms with E-state index >= 15 is 0 Å². The maximum Gasteiger partial charge on any atom is 0.271 e. The third-order valence-electron chi connectivity index (χ3n) is 2.82. The molecule has 1 aromatic heterocycles. The van der Waals surface area contributed by atoms with Crippen molar-refractivity contribution in [2.45, 2.75) is 19.9 Å². The van der Waals surface area contributed by atoms with E-state index in [2.05, 4.69) is 28.9 Å². The molecule has 1 amide bonds. The summed E-state index contributed by atoms with van der Waals surface area (Å²) in [5, 5.41) is 4.54. The molecular weight excluding hydrogens is 274 g/mol. The first-order chi connectivity index (χ1) is 9.56. The summed E-state index contributed by atoms with van der Waals surface area (Å²) in [7, 11) is 0. The van der Waals surface area contributed by atoms with Gasteiger partial charge in [0.2, 0.25) is 0 Å². The molecule has 104 valence electrons. The van der Waals surface area contributed by atoms with E-state index < -0.39 is 0 Å². The van der Waals surface area contributed by atoms with E-state index in [1.54, 1.807) is 30.5 Å². The molecule has 0 saturated carbocycles.